The summed E-state index contributed by atoms with van der Waals surface area (Å²) in [5.74, 6) is 0. The van der Waals surface area contributed by atoms with Crippen LogP contribution < -0.4 is 0 Å². The summed E-state index contributed by atoms with van der Waals surface area (Å²) in [6.45, 7) is 6.84. The highest BCUT2D eigenvalue weighted by molar-refractivity contribution is 7.22. The zero-order chi connectivity index (χ0) is 21.9. The van der Waals surface area contributed by atoms with Crippen LogP contribution in [-0.2, 0) is 5.41 Å². The SMILES string of the molecule is CC(C)(C)c1cc(-c2nccc3sc(-c4nccc5sccc45)cc23)cc2ccccc12. The Balaban J connectivity index is 1.60. The van der Waals surface area contributed by atoms with Gasteiger partial charge in [0.1, 0.15) is 0 Å². The van der Waals surface area contributed by atoms with Gasteiger partial charge in [0.2, 0.25) is 0 Å². The van der Waals surface area contributed by atoms with Crippen LogP contribution in [0.15, 0.2) is 78.4 Å². The van der Waals surface area contributed by atoms with Gasteiger partial charge >= 0.3 is 0 Å². The predicted octanol–water partition coefficient (Wildman–Crippen LogP) is 8.69. The van der Waals surface area contributed by atoms with Crippen molar-refractivity contribution < 1.29 is 0 Å². The molecule has 2 aromatic carbocycles. The highest BCUT2D eigenvalue weighted by Crippen LogP contribution is 2.41. The smallest absolute Gasteiger partial charge is 0.0888 e. The number of thiophene rings is 2. The van der Waals surface area contributed by atoms with Gasteiger partial charge in [0, 0.05) is 38.1 Å². The number of benzene rings is 2. The molecule has 0 spiro atoms. The van der Waals surface area contributed by atoms with E-state index in [4.69, 9.17) is 9.97 Å². The molecule has 0 fully saturated rings. The molecule has 4 heterocycles. The molecule has 0 unspecified atom stereocenters. The van der Waals surface area contributed by atoms with Crippen molar-refractivity contribution in [1.29, 1.82) is 0 Å². The molecule has 32 heavy (non-hydrogen) atoms. The molecule has 0 saturated heterocycles. The lowest BCUT2D eigenvalue weighted by Gasteiger charge is -2.22. The third kappa shape index (κ3) is 3.14. The van der Waals surface area contributed by atoms with E-state index in [1.807, 2.05) is 12.4 Å². The minimum absolute atomic E-state index is 0.0435. The number of hydrogen-bond donors (Lipinski definition) is 0. The van der Waals surface area contributed by atoms with E-state index < -0.39 is 0 Å². The third-order valence-corrected chi connectivity index (χ3v) is 7.99. The van der Waals surface area contributed by atoms with Crippen LogP contribution >= 0.6 is 22.7 Å². The number of pyridine rings is 2. The molecule has 4 heteroatoms. The van der Waals surface area contributed by atoms with Crippen molar-refractivity contribution >= 4 is 53.6 Å². The summed E-state index contributed by atoms with van der Waals surface area (Å²) >= 11 is 3.55. The lowest BCUT2D eigenvalue weighted by Crippen LogP contribution is -2.12. The Bertz CT molecular complexity index is 1620. The standard InChI is InChI=1S/C28H22N2S2/c1-28(2,3)22-15-18(14-17-6-4-5-7-19(17)22)26-21-16-25(32-24(21)9-12-29-26)27-20-10-13-31-23(20)8-11-30-27/h4-16H,1-3H3. The van der Waals surface area contributed by atoms with Crippen molar-refractivity contribution in [3.05, 3.63) is 84.0 Å². The molecular formula is C28H22N2S2. The van der Waals surface area contributed by atoms with E-state index in [9.17, 15) is 0 Å². The van der Waals surface area contributed by atoms with Gasteiger partial charge in [-0.05, 0) is 63.5 Å². The molecule has 0 amide bonds. The summed E-state index contributed by atoms with van der Waals surface area (Å²) in [5.41, 5.74) is 4.67. The maximum Gasteiger partial charge on any atom is 0.0888 e. The van der Waals surface area contributed by atoms with Crippen LogP contribution in [0.4, 0.5) is 0 Å². The highest BCUT2D eigenvalue weighted by atomic mass is 32.1. The Morgan fingerprint density at radius 3 is 2.34 bits per heavy atom. The monoisotopic (exact) mass is 450 g/mol. The van der Waals surface area contributed by atoms with E-state index in [0.29, 0.717) is 0 Å². The lowest BCUT2D eigenvalue weighted by molar-refractivity contribution is 0.596. The van der Waals surface area contributed by atoms with E-state index in [1.165, 1.54) is 46.9 Å². The summed E-state index contributed by atoms with van der Waals surface area (Å²) in [6.07, 6.45) is 3.85. The molecule has 0 atom stereocenters. The second-order valence-corrected chi connectivity index (χ2v) is 11.2. The average Bonchev–Trinajstić information content (AvgIpc) is 3.44. The zero-order valence-electron chi connectivity index (χ0n) is 18.2. The zero-order valence-corrected chi connectivity index (χ0v) is 19.8. The molecule has 6 aromatic rings. The number of aromatic nitrogens is 2. The Kier molecular flexibility index (Phi) is 4.42. The largest absolute Gasteiger partial charge is 0.256 e. The molecule has 6 rings (SSSR count). The predicted molar refractivity (Wildman–Crippen MR) is 140 cm³/mol. The number of hydrogen-bond acceptors (Lipinski definition) is 4. The Labute approximate surface area is 195 Å². The van der Waals surface area contributed by atoms with E-state index in [2.05, 4.69) is 86.8 Å². The summed E-state index contributed by atoms with van der Waals surface area (Å²) < 4.78 is 2.51. The normalized spacial score (nSPS) is 12.2. The second kappa shape index (κ2) is 7.22. The molecule has 0 N–H and O–H groups in total. The summed E-state index contributed by atoms with van der Waals surface area (Å²) in [7, 11) is 0. The van der Waals surface area contributed by atoms with E-state index in [0.717, 1.165) is 11.4 Å². The van der Waals surface area contributed by atoms with Crippen LogP contribution in [0.25, 0.3) is 52.8 Å². The van der Waals surface area contributed by atoms with Crippen molar-refractivity contribution in [2.45, 2.75) is 26.2 Å². The van der Waals surface area contributed by atoms with Crippen LogP contribution in [0.3, 0.4) is 0 Å². The first-order valence-corrected chi connectivity index (χ1v) is 12.4. The van der Waals surface area contributed by atoms with Gasteiger partial charge in [-0.25, -0.2) is 0 Å². The summed E-state index contributed by atoms with van der Waals surface area (Å²) in [4.78, 5) is 10.8. The quantitative estimate of drug-likeness (QED) is 0.264. The first kappa shape index (κ1) is 19.6. The minimum atomic E-state index is 0.0435. The summed E-state index contributed by atoms with van der Waals surface area (Å²) in [5, 5.41) is 7.12. The topological polar surface area (TPSA) is 25.8 Å². The van der Waals surface area contributed by atoms with Crippen LogP contribution in [0.5, 0.6) is 0 Å². The first-order valence-electron chi connectivity index (χ1n) is 10.7. The molecule has 2 nitrogen and oxygen atoms in total. The van der Waals surface area contributed by atoms with Gasteiger partial charge in [0.25, 0.3) is 0 Å². The van der Waals surface area contributed by atoms with Crippen LogP contribution in [-0.4, -0.2) is 9.97 Å². The van der Waals surface area contributed by atoms with Crippen LogP contribution in [0.2, 0.25) is 0 Å². The van der Waals surface area contributed by atoms with Crippen LogP contribution in [0, 0.1) is 0 Å². The Morgan fingerprint density at radius 2 is 1.50 bits per heavy atom. The molecule has 0 saturated carbocycles. The second-order valence-electron chi connectivity index (χ2n) is 9.17. The molecule has 0 bridgehead atoms. The Morgan fingerprint density at radius 1 is 0.719 bits per heavy atom. The molecule has 0 radical (unpaired) electrons. The maximum atomic E-state index is 4.85. The molecule has 4 aromatic heterocycles. The number of nitrogens with zero attached hydrogens (tertiary/aromatic N) is 2. The number of rotatable bonds is 2. The van der Waals surface area contributed by atoms with Gasteiger partial charge in [-0.3, -0.25) is 9.97 Å². The third-order valence-electron chi connectivity index (χ3n) is 6.00. The fourth-order valence-corrected chi connectivity index (χ4v) is 6.32. The molecular weight excluding hydrogens is 428 g/mol. The van der Waals surface area contributed by atoms with Crippen molar-refractivity contribution in [1.82, 2.24) is 9.97 Å². The van der Waals surface area contributed by atoms with E-state index >= 15 is 0 Å². The molecule has 156 valence electrons. The Hall–Kier alpha value is -3.08. The van der Waals surface area contributed by atoms with Crippen molar-refractivity contribution in [2.24, 2.45) is 0 Å². The van der Waals surface area contributed by atoms with Gasteiger partial charge in [-0.2, -0.15) is 0 Å². The van der Waals surface area contributed by atoms with E-state index in [1.54, 1.807) is 22.7 Å². The highest BCUT2D eigenvalue weighted by Gasteiger charge is 2.20. The van der Waals surface area contributed by atoms with Gasteiger partial charge in [0.05, 0.1) is 16.3 Å². The van der Waals surface area contributed by atoms with Gasteiger partial charge in [0.15, 0.2) is 0 Å². The lowest BCUT2D eigenvalue weighted by atomic mass is 9.82. The van der Waals surface area contributed by atoms with Crippen molar-refractivity contribution in [3.8, 4) is 21.8 Å². The first-order chi connectivity index (χ1) is 15.5. The van der Waals surface area contributed by atoms with Gasteiger partial charge < -0.3 is 0 Å². The van der Waals surface area contributed by atoms with Crippen molar-refractivity contribution in [3.63, 3.8) is 0 Å². The number of fused-ring (bicyclic) bond motifs is 3. The fourth-order valence-electron chi connectivity index (χ4n) is 4.47. The fraction of sp³-hybridized carbons (Fsp3) is 0.143. The maximum absolute atomic E-state index is 4.85. The summed E-state index contributed by atoms with van der Waals surface area (Å²) in [6, 6.07) is 21.9. The van der Waals surface area contributed by atoms with Gasteiger partial charge in [-0.1, -0.05) is 45.0 Å². The van der Waals surface area contributed by atoms with Crippen LogP contribution in [0.1, 0.15) is 26.3 Å². The average molecular weight is 451 g/mol. The van der Waals surface area contributed by atoms with Crippen molar-refractivity contribution in [2.75, 3.05) is 0 Å². The molecule has 0 aliphatic carbocycles. The molecule has 0 aliphatic rings. The molecule has 0 aliphatic heterocycles. The van der Waals surface area contributed by atoms with E-state index in [-0.39, 0.29) is 5.41 Å². The minimum Gasteiger partial charge on any atom is -0.256 e. The van der Waals surface area contributed by atoms with Gasteiger partial charge in [-0.15, -0.1) is 22.7 Å².